The maximum absolute atomic E-state index is 4.28. The zero-order valence-corrected chi connectivity index (χ0v) is 13.4. The molecule has 0 amide bonds. The van der Waals surface area contributed by atoms with Gasteiger partial charge in [-0.25, -0.2) is 4.68 Å². The van der Waals surface area contributed by atoms with Gasteiger partial charge in [-0.15, -0.1) is 0 Å². The van der Waals surface area contributed by atoms with Gasteiger partial charge in [-0.1, -0.05) is 19.1 Å². The van der Waals surface area contributed by atoms with Crippen molar-refractivity contribution >= 4 is 0 Å². The van der Waals surface area contributed by atoms with E-state index in [0.717, 1.165) is 31.4 Å². The fraction of sp³-hybridized carbons (Fsp3) is 0.500. The summed E-state index contributed by atoms with van der Waals surface area (Å²) in [7, 11) is 0. The summed E-state index contributed by atoms with van der Waals surface area (Å²) < 4.78 is 1.90. The smallest absolute Gasteiger partial charge is 0.0645 e. The molecule has 1 aromatic heterocycles. The Balaban J connectivity index is 1.66. The van der Waals surface area contributed by atoms with Crippen LogP contribution >= 0.6 is 0 Å². The van der Waals surface area contributed by atoms with E-state index >= 15 is 0 Å². The highest BCUT2D eigenvalue weighted by Gasteiger charge is 2.20. The second kappa shape index (κ2) is 7.56. The highest BCUT2D eigenvalue weighted by atomic mass is 15.3. The molecular formula is C18H26N4. The van der Waals surface area contributed by atoms with Crippen LogP contribution in [0.1, 0.15) is 31.7 Å². The lowest BCUT2D eigenvalue weighted by Crippen LogP contribution is -2.43. The summed E-state index contributed by atoms with van der Waals surface area (Å²) in [6, 6.07) is 11.5. The van der Waals surface area contributed by atoms with Gasteiger partial charge < -0.3 is 5.32 Å². The number of hydrogen-bond acceptors (Lipinski definition) is 3. The molecule has 1 saturated heterocycles. The third-order valence-corrected chi connectivity index (χ3v) is 4.43. The first-order valence-electron chi connectivity index (χ1n) is 8.40. The first-order chi connectivity index (χ1) is 10.9. The summed E-state index contributed by atoms with van der Waals surface area (Å²) in [6.45, 7) is 6.82. The van der Waals surface area contributed by atoms with Gasteiger partial charge >= 0.3 is 0 Å². The van der Waals surface area contributed by atoms with E-state index in [4.69, 9.17) is 0 Å². The highest BCUT2D eigenvalue weighted by Crippen LogP contribution is 2.17. The molecule has 2 heterocycles. The Labute approximate surface area is 133 Å². The van der Waals surface area contributed by atoms with Crippen LogP contribution in [-0.2, 0) is 6.54 Å². The van der Waals surface area contributed by atoms with Crippen molar-refractivity contribution in [2.75, 3.05) is 19.6 Å². The van der Waals surface area contributed by atoms with E-state index in [1.807, 2.05) is 23.1 Å². The van der Waals surface area contributed by atoms with Crippen molar-refractivity contribution in [2.45, 2.75) is 38.8 Å². The van der Waals surface area contributed by atoms with Crippen LogP contribution in [0, 0.1) is 0 Å². The van der Waals surface area contributed by atoms with Crippen LogP contribution in [0.4, 0.5) is 0 Å². The molecule has 4 heteroatoms. The second-order valence-corrected chi connectivity index (χ2v) is 6.07. The Bertz CT molecular complexity index is 541. The monoisotopic (exact) mass is 298 g/mol. The molecule has 2 aromatic rings. The number of hydrogen-bond donors (Lipinski definition) is 1. The Kier molecular flexibility index (Phi) is 5.24. The molecule has 0 atom stereocenters. The molecule has 4 nitrogen and oxygen atoms in total. The SMILES string of the molecule is CCCN(Cc1ccc(-n2cccn2)cc1)C1CCNCC1. The zero-order chi connectivity index (χ0) is 15.2. The van der Waals surface area contributed by atoms with Gasteiger partial charge in [-0.2, -0.15) is 5.10 Å². The number of nitrogens with zero attached hydrogens (tertiary/aromatic N) is 3. The average Bonchev–Trinajstić information content (AvgIpc) is 3.10. The number of nitrogens with one attached hydrogen (secondary N) is 1. The molecule has 22 heavy (non-hydrogen) atoms. The maximum atomic E-state index is 4.28. The first kappa shape index (κ1) is 15.3. The molecule has 118 valence electrons. The van der Waals surface area contributed by atoms with Crippen LogP contribution in [0.2, 0.25) is 0 Å². The minimum Gasteiger partial charge on any atom is -0.317 e. The molecule has 1 N–H and O–H groups in total. The molecule has 1 fully saturated rings. The normalized spacial score (nSPS) is 16.3. The van der Waals surface area contributed by atoms with Crippen LogP contribution in [0.15, 0.2) is 42.7 Å². The largest absolute Gasteiger partial charge is 0.317 e. The molecule has 1 aliphatic heterocycles. The maximum Gasteiger partial charge on any atom is 0.0645 e. The lowest BCUT2D eigenvalue weighted by molar-refractivity contribution is 0.154. The van der Waals surface area contributed by atoms with Crippen molar-refractivity contribution in [1.29, 1.82) is 0 Å². The van der Waals surface area contributed by atoms with E-state index in [2.05, 4.69) is 46.5 Å². The van der Waals surface area contributed by atoms with E-state index in [1.54, 1.807) is 0 Å². The van der Waals surface area contributed by atoms with E-state index in [1.165, 1.54) is 31.4 Å². The van der Waals surface area contributed by atoms with Crippen molar-refractivity contribution < 1.29 is 0 Å². The summed E-state index contributed by atoms with van der Waals surface area (Å²) in [5, 5.41) is 7.74. The van der Waals surface area contributed by atoms with Crippen molar-refractivity contribution in [3.63, 3.8) is 0 Å². The fourth-order valence-corrected chi connectivity index (χ4v) is 3.26. The predicted octanol–water partition coefficient (Wildman–Crippen LogP) is 2.84. The van der Waals surface area contributed by atoms with E-state index in [9.17, 15) is 0 Å². The summed E-state index contributed by atoms with van der Waals surface area (Å²) in [5.74, 6) is 0. The number of aromatic nitrogens is 2. The molecule has 0 bridgehead atoms. The summed E-state index contributed by atoms with van der Waals surface area (Å²) in [5.41, 5.74) is 2.51. The van der Waals surface area contributed by atoms with Crippen LogP contribution < -0.4 is 5.32 Å². The van der Waals surface area contributed by atoms with Gasteiger partial charge in [0.25, 0.3) is 0 Å². The van der Waals surface area contributed by atoms with Gasteiger partial charge in [0, 0.05) is 25.0 Å². The topological polar surface area (TPSA) is 33.1 Å². The third kappa shape index (κ3) is 3.76. The standard InChI is InChI=1S/C18H26N4/c1-2-13-21(17-8-11-19-12-9-17)15-16-4-6-18(7-5-16)22-14-3-10-20-22/h3-7,10,14,17,19H,2,8-9,11-13,15H2,1H3. The molecule has 0 spiro atoms. The quantitative estimate of drug-likeness (QED) is 0.890. The number of rotatable bonds is 6. The zero-order valence-electron chi connectivity index (χ0n) is 13.4. The van der Waals surface area contributed by atoms with Crippen molar-refractivity contribution in [1.82, 2.24) is 20.0 Å². The second-order valence-electron chi connectivity index (χ2n) is 6.07. The Morgan fingerprint density at radius 3 is 2.64 bits per heavy atom. The first-order valence-corrected chi connectivity index (χ1v) is 8.40. The molecule has 3 rings (SSSR count). The average molecular weight is 298 g/mol. The Hall–Kier alpha value is -1.65. The minimum absolute atomic E-state index is 0.729. The van der Waals surface area contributed by atoms with Gasteiger partial charge in [0.2, 0.25) is 0 Å². The van der Waals surface area contributed by atoms with Gasteiger partial charge in [0.15, 0.2) is 0 Å². The van der Waals surface area contributed by atoms with Gasteiger partial charge in [-0.05, 0) is 62.7 Å². The molecule has 1 aromatic carbocycles. The number of piperidine rings is 1. The molecular weight excluding hydrogens is 272 g/mol. The van der Waals surface area contributed by atoms with Gasteiger partial charge in [0.05, 0.1) is 5.69 Å². The van der Waals surface area contributed by atoms with Gasteiger partial charge in [-0.3, -0.25) is 4.90 Å². The summed E-state index contributed by atoms with van der Waals surface area (Å²) in [4.78, 5) is 2.66. The van der Waals surface area contributed by atoms with E-state index in [0.29, 0.717) is 0 Å². The summed E-state index contributed by atoms with van der Waals surface area (Å²) in [6.07, 6.45) is 7.55. The lowest BCUT2D eigenvalue weighted by atomic mass is 10.0. The Morgan fingerprint density at radius 1 is 1.23 bits per heavy atom. The van der Waals surface area contributed by atoms with Gasteiger partial charge in [0.1, 0.15) is 0 Å². The Morgan fingerprint density at radius 2 is 2.00 bits per heavy atom. The molecule has 0 unspecified atom stereocenters. The van der Waals surface area contributed by atoms with Crippen LogP contribution in [-0.4, -0.2) is 40.4 Å². The summed E-state index contributed by atoms with van der Waals surface area (Å²) >= 11 is 0. The molecule has 0 aliphatic carbocycles. The van der Waals surface area contributed by atoms with E-state index < -0.39 is 0 Å². The molecule has 0 saturated carbocycles. The van der Waals surface area contributed by atoms with Crippen molar-refractivity contribution in [2.24, 2.45) is 0 Å². The number of benzene rings is 1. The van der Waals surface area contributed by atoms with Crippen LogP contribution in [0.5, 0.6) is 0 Å². The fourth-order valence-electron chi connectivity index (χ4n) is 3.26. The highest BCUT2D eigenvalue weighted by molar-refractivity contribution is 5.33. The van der Waals surface area contributed by atoms with Crippen molar-refractivity contribution in [3.05, 3.63) is 48.3 Å². The third-order valence-electron chi connectivity index (χ3n) is 4.43. The van der Waals surface area contributed by atoms with Crippen LogP contribution in [0.3, 0.4) is 0 Å². The van der Waals surface area contributed by atoms with Crippen LogP contribution in [0.25, 0.3) is 5.69 Å². The minimum atomic E-state index is 0.729. The van der Waals surface area contributed by atoms with E-state index in [-0.39, 0.29) is 0 Å². The molecule has 1 aliphatic rings. The predicted molar refractivity (Wildman–Crippen MR) is 90.2 cm³/mol. The molecule has 0 radical (unpaired) electrons. The lowest BCUT2D eigenvalue weighted by Gasteiger charge is -2.34. The van der Waals surface area contributed by atoms with Crippen molar-refractivity contribution in [3.8, 4) is 5.69 Å².